The highest BCUT2D eigenvalue weighted by atomic mass is 32.1. The number of thiazole rings is 1. The van der Waals surface area contributed by atoms with E-state index in [0.29, 0.717) is 17.5 Å². The molecule has 0 unspecified atom stereocenters. The van der Waals surface area contributed by atoms with Crippen LogP contribution in [-0.2, 0) is 4.79 Å². The molecule has 2 aromatic carbocycles. The number of amides is 1. The number of rotatable bonds is 10. The molecule has 1 amide bonds. The Morgan fingerprint density at radius 2 is 1.97 bits per heavy atom. The number of aromatic nitrogens is 1. The molecule has 3 rings (SSSR count). The molecule has 0 radical (unpaired) electrons. The van der Waals surface area contributed by atoms with Crippen molar-refractivity contribution in [3.63, 3.8) is 0 Å². The molecular formula is C25H30N2O3S. The molecule has 0 fully saturated rings. The van der Waals surface area contributed by atoms with E-state index in [2.05, 4.69) is 37.1 Å². The molecule has 0 saturated heterocycles. The van der Waals surface area contributed by atoms with E-state index in [-0.39, 0.29) is 5.91 Å². The highest BCUT2D eigenvalue weighted by Gasteiger charge is 2.10. The summed E-state index contributed by atoms with van der Waals surface area (Å²) in [5.41, 5.74) is 4.14. The largest absolute Gasteiger partial charge is 0.493 e. The fraction of sp³-hybridized carbons (Fsp3) is 0.360. The summed E-state index contributed by atoms with van der Waals surface area (Å²) in [6, 6.07) is 9.79. The zero-order valence-corrected chi connectivity index (χ0v) is 19.5. The lowest BCUT2D eigenvalue weighted by atomic mass is 10.1. The molecule has 1 N–H and O–H groups in total. The maximum atomic E-state index is 12.4. The van der Waals surface area contributed by atoms with Crippen molar-refractivity contribution in [1.29, 1.82) is 0 Å². The molecule has 0 bridgehead atoms. The summed E-state index contributed by atoms with van der Waals surface area (Å²) in [6.07, 6.45) is 7.89. The van der Waals surface area contributed by atoms with Gasteiger partial charge in [0.2, 0.25) is 5.91 Å². The van der Waals surface area contributed by atoms with E-state index in [9.17, 15) is 4.79 Å². The number of benzene rings is 2. The standard InChI is InChI=1S/C25H30N2O3S/c1-5-6-7-8-15-30-20-12-10-19(16-21(20)29-4)11-14-23(28)26-25-27-24-18(3)17(2)9-13-22(24)31-25/h9-14,16H,5-8,15H2,1-4H3,(H,26,27,28)/b14-11+. The first kappa shape index (κ1) is 22.8. The second kappa shape index (κ2) is 11.0. The SMILES string of the molecule is CCCCCCOc1ccc(/C=C/C(=O)Nc2nc3c(C)c(C)ccc3s2)cc1OC. The molecular weight excluding hydrogens is 408 g/mol. The van der Waals surface area contributed by atoms with Crippen molar-refractivity contribution in [3.05, 3.63) is 53.1 Å². The Morgan fingerprint density at radius 1 is 1.13 bits per heavy atom. The summed E-state index contributed by atoms with van der Waals surface area (Å²) >= 11 is 1.48. The minimum atomic E-state index is -0.219. The zero-order chi connectivity index (χ0) is 22.2. The zero-order valence-electron chi connectivity index (χ0n) is 18.7. The first-order valence-corrected chi connectivity index (χ1v) is 11.5. The molecule has 31 heavy (non-hydrogen) atoms. The van der Waals surface area contributed by atoms with E-state index < -0.39 is 0 Å². The minimum absolute atomic E-state index is 0.219. The molecule has 0 aliphatic rings. The van der Waals surface area contributed by atoms with Crippen molar-refractivity contribution in [2.75, 3.05) is 19.0 Å². The molecule has 0 aliphatic carbocycles. The van der Waals surface area contributed by atoms with Gasteiger partial charge in [-0.1, -0.05) is 49.7 Å². The first-order chi connectivity index (χ1) is 15.0. The number of nitrogens with zero attached hydrogens (tertiary/aromatic N) is 1. The molecule has 0 spiro atoms. The Kier molecular flexibility index (Phi) is 8.06. The number of ether oxygens (including phenoxy) is 2. The van der Waals surface area contributed by atoms with Crippen LogP contribution in [0, 0.1) is 13.8 Å². The second-order valence-electron chi connectivity index (χ2n) is 7.52. The molecule has 6 heteroatoms. The van der Waals surface area contributed by atoms with Gasteiger partial charge in [-0.25, -0.2) is 4.98 Å². The van der Waals surface area contributed by atoms with Crippen LogP contribution in [0.4, 0.5) is 5.13 Å². The lowest BCUT2D eigenvalue weighted by Gasteiger charge is -2.11. The highest BCUT2D eigenvalue weighted by Crippen LogP contribution is 2.30. The molecule has 0 saturated carbocycles. The second-order valence-corrected chi connectivity index (χ2v) is 8.55. The highest BCUT2D eigenvalue weighted by molar-refractivity contribution is 7.22. The van der Waals surface area contributed by atoms with Crippen LogP contribution in [0.25, 0.3) is 16.3 Å². The predicted molar refractivity (Wildman–Crippen MR) is 129 cm³/mol. The number of nitrogens with one attached hydrogen (secondary N) is 1. The number of hydrogen-bond acceptors (Lipinski definition) is 5. The maximum Gasteiger partial charge on any atom is 0.250 e. The number of unbranched alkanes of at least 4 members (excludes halogenated alkanes) is 3. The Balaban J connectivity index is 1.61. The molecule has 3 aromatic rings. The van der Waals surface area contributed by atoms with E-state index in [0.717, 1.165) is 33.5 Å². The van der Waals surface area contributed by atoms with Gasteiger partial charge in [0.1, 0.15) is 0 Å². The third-order valence-electron chi connectivity index (χ3n) is 5.19. The van der Waals surface area contributed by atoms with Crippen molar-refractivity contribution in [2.45, 2.75) is 46.5 Å². The number of carbonyl (C=O) groups is 1. The number of methoxy groups -OCH3 is 1. The number of carbonyl (C=O) groups excluding carboxylic acids is 1. The fourth-order valence-corrected chi connectivity index (χ4v) is 4.14. The van der Waals surface area contributed by atoms with Crippen LogP contribution in [0.1, 0.15) is 49.3 Å². The first-order valence-electron chi connectivity index (χ1n) is 10.7. The van der Waals surface area contributed by atoms with Crippen LogP contribution >= 0.6 is 11.3 Å². The molecule has 5 nitrogen and oxygen atoms in total. The Bertz CT molecular complexity index is 1070. The van der Waals surface area contributed by atoms with Crippen LogP contribution in [0.2, 0.25) is 0 Å². The monoisotopic (exact) mass is 438 g/mol. The van der Waals surface area contributed by atoms with Gasteiger partial charge >= 0.3 is 0 Å². The summed E-state index contributed by atoms with van der Waals surface area (Å²) < 4.78 is 12.4. The van der Waals surface area contributed by atoms with Crippen molar-refractivity contribution in [1.82, 2.24) is 4.98 Å². The fourth-order valence-electron chi connectivity index (χ4n) is 3.22. The van der Waals surface area contributed by atoms with Crippen molar-refractivity contribution in [2.24, 2.45) is 0 Å². The average Bonchev–Trinajstić information content (AvgIpc) is 3.18. The van der Waals surface area contributed by atoms with Gasteiger partial charge in [0, 0.05) is 6.08 Å². The number of aryl methyl sites for hydroxylation is 2. The smallest absolute Gasteiger partial charge is 0.250 e. The number of hydrogen-bond donors (Lipinski definition) is 1. The Labute approximate surface area is 188 Å². The van der Waals surface area contributed by atoms with Crippen molar-refractivity contribution < 1.29 is 14.3 Å². The van der Waals surface area contributed by atoms with Gasteiger partial charge in [-0.3, -0.25) is 10.1 Å². The molecule has 1 heterocycles. The Morgan fingerprint density at radius 3 is 2.74 bits per heavy atom. The molecule has 164 valence electrons. The summed E-state index contributed by atoms with van der Waals surface area (Å²) in [4.78, 5) is 16.9. The van der Waals surface area contributed by atoms with Gasteiger partial charge < -0.3 is 9.47 Å². The van der Waals surface area contributed by atoms with Gasteiger partial charge in [0.25, 0.3) is 0 Å². The van der Waals surface area contributed by atoms with E-state index in [4.69, 9.17) is 9.47 Å². The van der Waals surface area contributed by atoms with Gasteiger partial charge in [0.05, 0.1) is 23.9 Å². The topological polar surface area (TPSA) is 60.5 Å². The van der Waals surface area contributed by atoms with Crippen molar-refractivity contribution >= 4 is 38.7 Å². The number of fused-ring (bicyclic) bond motifs is 1. The number of anilines is 1. The van der Waals surface area contributed by atoms with E-state index >= 15 is 0 Å². The van der Waals surface area contributed by atoms with E-state index in [1.54, 1.807) is 13.2 Å². The van der Waals surface area contributed by atoms with Crippen LogP contribution in [0.15, 0.2) is 36.4 Å². The van der Waals surface area contributed by atoms with E-state index in [1.165, 1.54) is 42.2 Å². The van der Waals surface area contributed by atoms with Gasteiger partial charge in [-0.2, -0.15) is 0 Å². The summed E-state index contributed by atoms with van der Waals surface area (Å²) in [6.45, 7) is 6.98. The third-order valence-corrected chi connectivity index (χ3v) is 6.12. The van der Waals surface area contributed by atoms with Crippen LogP contribution in [0.3, 0.4) is 0 Å². The summed E-state index contributed by atoms with van der Waals surface area (Å²) in [7, 11) is 1.62. The van der Waals surface area contributed by atoms with Gasteiger partial charge in [-0.15, -0.1) is 0 Å². The lowest BCUT2D eigenvalue weighted by molar-refractivity contribution is -0.111. The molecule has 0 atom stereocenters. The predicted octanol–water partition coefficient (Wildman–Crippen LogP) is 6.53. The summed E-state index contributed by atoms with van der Waals surface area (Å²) in [5, 5.41) is 3.46. The van der Waals surface area contributed by atoms with Gasteiger partial charge in [0.15, 0.2) is 16.6 Å². The molecule has 0 aliphatic heterocycles. The normalized spacial score (nSPS) is 11.2. The minimum Gasteiger partial charge on any atom is -0.493 e. The van der Waals surface area contributed by atoms with Crippen molar-refractivity contribution in [3.8, 4) is 11.5 Å². The van der Waals surface area contributed by atoms with E-state index in [1.807, 2.05) is 24.3 Å². The third kappa shape index (κ3) is 6.07. The molecule has 1 aromatic heterocycles. The maximum absolute atomic E-state index is 12.4. The van der Waals surface area contributed by atoms with Gasteiger partial charge in [-0.05, 0) is 61.2 Å². The van der Waals surface area contributed by atoms with Crippen LogP contribution < -0.4 is 14.8 Å². The van der Waals surface area contributed by atoms with Crippen LogP contribution in [0.5, 0.6) is 11.5 Å². The quantitative estimate of drug-likeness (QED) is 0.289. The Hall–Kier alpha value is -2.86. The average molecular weight is 439 g/mol. The lowest BCUT2D eigenvalue weighted by Crippen LogP contribution is -2.07. The summed E-state index contributed by atoms with van der Waals surface area (Å²) in [5.74, 6) is 1.17. The van der Waals surface area contributed by atoms with Crippen LogP contribution in [-0.4, -0.2) is 24.6 Å².